The lowest BCUT2D eigenvalue weighted by molar-refractivity contribution is -0.130. The molecule has 1 saturated heterocycles. The second kappa shape index (κ2) is 6.44. The number of ether oxygens (including phenoxy) is 1. The van der Waals surface area contributed by atoms with Gasteiger partial charge in [0.15, 0.2) is 0 Å². The van der Waals surface area contributed by atoms with Crippen molar-refractivity contribution in [3.8, 4) is 18.1 Å². The molecule has 1 amide bonds. The number of likely N-dealkylation sites (tertiary alicyclic amines) is 1. The van der Waals surface area contributed by atoms with Gasteiger partial charge in [0.1, 0.15) is 5.75 Å². The summed E-state index contributed by atoms with van der Waals surface area (Å²) in [6.07, 6.45) is 6.32. The summed E-state index contributed by atoms with van der Waals surface area (Å²) in [6.45, 7) is 0.591. The number of hydrogen-bond donors (Lipinski definition) is 1. The van der Waals surface area contributed by atoms with Crippen molar-refractivity contribution in [1.29, 1.82) is 0 Å². The van der Waals surface area contributed by atoms with Crippen LogP contribution >= 0.6 is 0 Å². The molecule has 2 unspecified atom stereocenters. The highest BCUT2D eigenvalue weighted by atomic mass is 16.5. The third kappa shape index (κ3) is 2.94. The van der Waals surface area contributed by atoms with E-state index in [2.05, 4.69) is 5.92 Å². The number of aliphatic hydroxyl groups is 1. The summed E-state index contributed by atoms with van der Waals surface area (Å²) in [5.74, 6) is 3.45. The molecule has 1 aliphatic rings. The molecule has 2 rings (SSSR count). The molecule has 1 heterocycles. The van der Waals surface area contributed by atoms with Crippen LogP contribution in [0.4, 0.5) is 0 Å². The Morgan fingerprint density at radius 1 is 1.50 bits per heavy atom. The fourth-order valence-corrected chi connectivity index (χ4v) is 2.60. The number of methoxy groups -OCH3 is 1. The van der Waals surface area contributed by atoms with E-state index in [-0.39, 0.29) is 24.5 Å². The van der Waals surface area contributed by atoms with Gasteiger partial charge in [0, 0.05) is 25.5 Å². The average molecular weight is 273 g/mol. The standard InChI is InChI=1S/C16H19NO3/c1-3-12-10-16(19)17(11-12)15(8-9-18)13-4-6-14(20-2)7-5-13/h1,4-7,12,15,18H,8-11H2,2H3. The van der Waals surface area contributed by atoms with E-state index in [1.807, 2.05) is 24.3 Å². The monoisotopic (exact) mass is 273 g/mol. The lowest BCUT2D eigenvalue weighted by Gasteiger charge is -2.28. The van der Waals surface area contributed by atoms with Crippen molar-refractivity contribution in [2.75, 3.05) is 20.3 Å². The van der Waals surface area contributed by atoms with Crippen LogP contribution in [0.5, 0.6) is 5.75 Å². The zero-order chi connectivity index (χ0) is 14.5. The van der Waals surface area contributed by atoms with E-state index >= 15 is 0 Å². The maximum Gasteiger partial charge on any atom is 0.224 e. The van der Waals surface area contributed by atoms with Crippen LogP contribution in [0.15, 0.2) is 24.3 Å². The molecule has 4 heteroatoms. The molecule has 0 aromatic heterocycles. The maximum atomic E-state index is 12.1. The highest BCUT2D eigenvalue weighted by Gasteiger charge is 2.33. The van der Waals surface area contributed by atoms with Gasteiger partial charge in [0.25, 0.3) is 0 Å². The highest BCUT2D eigenvalue weighted by Crippen LogP contribution is 2.31. The van der Waals surface area contributed by atoms with Crippen molar-refractivity contribution in [2.45, 2.75) is 18.9 Å². The Morgan fingerprint density at radius 3 is 2.70 bits per heavy atom. The van der Waals surface area contributed by atoms with Gasteiger partial charge < -0.3 is 14.7 Å². The van der Waals surface area contributed by atoms with Gasteiger partial charge in [0.05, 0.1) is 13.2 Å². The van der Waals surface area contributed by atoms with Crippen LogP contribution in [0.2, 0.25) is 0 Å². The molecule has 1 aliphatic heterocycles. The second-order valence-corrected chi connectivity index (χ2v) is 4.92. The molecule has 0 saturated carbocycles. The Hall–Kier alpha value is -1.99. The van der Waals surface area contributed by atoms with E-state index in [9.17, 15) is 9.90 Å². The minimum Gasteiger partial charge on any atom is -0.497 e. The lowest BCUT2D eigenvalue weighted by atomic mass is 10.0. The zero-order valence-electron chi connectivity index (χ0n) is 11.6. The van der Waals surface area contributed by atoms with Crippen LogP contribution in [0.1, 0.15) is 24.4 Å². The zero-order valence-corrected chi connectivity index (χ0v) is 11.6. The number of carbonyl (C=O) groups excluding carboxylic acids is 1. The Morgan fingerprint density at radius 2 is 2.20 bits per heavy atom. The van der Waals surface area contributed by atoms with Crippen molar-refractivity contribution in [3.63, 3.8) is 0 Å². The third-order valence-corrected chi connectivity index (χ3v) is 3.67. The van der Waals surface area contributed by atoms with E-state index in [0.29, 0.717) is 19.4 Å². The Labute approximate surface area is 119 Å². The summed E-state index contributed by atoms with van der Waals surface area (Å²) < 4.78 is 5.13. The Balaban J connectivity index is 2.22. The van der Waals surface area contributed by atoms with Gasteiger partial charge in [-0.15, -0.1) is 12.3 Å². The number of hydrogen-bond acceptors (Lipinski definition) is 3. The summed E-state index contributed by atoms with van der Waals surface area (Å²) in [4.78, 5) is 13.9. The van der Waals surface area contributed by atoms with Crippen LogP contribution in [0, 0.1) is 18.3 Å². The van der Waals surface area contributed by atoms with Gasteiger partial charge in [-0.1, -0.05) is 12.1 Å². The van der Waals surface area contributed by atoms with E-state index in [0.717, 1.165) is 11.3 Å². The Bertz CT molecular complexity index is 503. The van der Waals surface area contributed by atoms with Crippen LogP contribution in [-0.4, -0.2) is 36.2 Å². The molecule has 0 bridgehead atoms. The van der Waals surface area contributed by atoms with Crippen LogP contribution < -0.4 is 4.74 Å². The van der Waals surface area contributed by atoms with Crippen molar-refractivity contribution < 1.29 is 14.6 Å². The summed E-state index contributed by atoms with van der Waals surface area (Å²) in [5, 5.41) is 9.27. The highest BCUT2D eigenvalue weighted by molar-refractivity contribution is 5.79. The second-order valence-electron chi connectivity index (χ2n) is 4.92. The van der Waals surface area contributed by atoms with Gasteiger partial charge in [-0.25, -0.2) is 0 Å². The number of nitrogens with zero attached hydrogens (tertiary/aromatic N) is 1. The number of aliphatic hydroxyl groups excluding tert-OH is 1. The number of terminal acetylenes is 1. The Kier molecular flexibility index (Phi) is 4.65. The normalized spacial score (nSPS) is 19.8. The molecular formula is C16H19NO3. The molecule has 20 heavy (non-hydrogen) atoms. The molecule has 1 N–H and O–H groups in total. The average Bonchev–Trinajstić information content (AvgIpc) is 2.86. The summed E-state index contributed by atoms with van der Waals surface area (Å²) in [6, 6.07) is 7.44. The molecular weight excluding hydrogens is 254 g/mol. The van der Waals surface area contributed by atoms with Crippen LogP contribution in [0.25, 0.3) is 0 Å². The topological polar surface area (TPSA) is 49.8 Å². The first-order chi connectivity index (χ1) is 9.69. The van der Waals surface area contributed by atoms with Gasteiger partial charge in [-0.05, 0) is 24.1 Å². The molecule has 2 atom stereocenters. The smallest absolute Gasteiger partial charge is 0.224 e. The first kappa shape index (κ1) is 14.4. The predicted molar refractivity (Wildman–Crippen MR) is 76.1 cm³/mol. The van der Waals surface area contributed by atoms with Crippen molar-refractivity contribution >= 4 is 5.91 Å². The first-order valence-electron chi connectivity index (χ1n) is 6.70. The van der Waals surface area contributed by atoms with Gasteiger partial charge in [-0.3, -0.25) is 4.79 Å². The number of carbonyl (C=O) groups is 1. The fourth-order valence-electron chi connectivity index (χ4n) is 2.60. The molecule has 1 aromatic carbocycles. The molecule has 1 fully saturated rings. The number of rotatable bonds is 5. The molecule has 106 valence electrons. The fraction of sp³-hybridized carbons (Fsp3) is 0.438. The van der Waals surface area contributed by atoms with E-state index in [4.69, 9.17) is 11.2 Å². The van der Waals surface area contributed by atoms with E-state index in [1.165, 1.54) is 0 Å². The molecule has 4 nitrogen and oxygen atoms in total. The van der Waals surface area contributed by atoms with Crippen molar-refractivity contribution in [3.05, 3.63) is 29.8 Å². The van der Waals surface area contributed by atoms with Crippen LogP contribution in [-0.2, 0) is 4.79 Å². The van der Waals surface area contributed by atoms with E-state index < -0.39 is 0 Å². The predicted octanol–water partition coefficient (Wildman–Crippen LogP) is 1.60. The summed E-state index contributed by atoms with van der Waals surface area (Å²) in [5.41, 5.74) is 0.992. The summed E-state index contributed by atoms with van der Waals surface area (Å²) in [7, 11) is 1.61. The molecule has 0 aliphatic carbocycles. The van der Waals surface area contributed by atoms with Crippen LogP contribution in [0.3, 0.4) is 0 Å². The largest absolute Gasteiger partial charge is 0.497 e. The maximum absolute atomic E-state index is 12.1. The molecule has 0 radical (unpaired) electrons. The number of amides is 1. The third-order valence-electron chi connectivity index (χ3n) is 3.67. The minimum atomic E-state index is -0.128. The lowest BCUT2D eigenvalue weighted by Crippen LogP contribution is -2.31. The van der Waals surface area contributed by atoms with Crippen molar-refractivity contribution in [2.24, 2.45) is 5.92 Å². The van der Waals surface area contributed by atoms with E-state index in [1.54, 1.807) is 12.0 Å². The SMILES string of the molecule is C#CC1CC(=O)N(C(CCO)c2ccc(OC)cc2)C1. The van der Waals surface area contributed by atoms with Gasteiger partial charge in [-0.2, -0.15) is 0 Å². The number of benzene rings is 1. The first-order valence-corrected chi connectivity index (χ1v) is 6.70. The van der Waals surface area contributed by atoms with Gasteiger partial charge in [0.2, 0.25) is 5.91 Å². The quantitative estimate of drug-likeness (QED) is 0.829. The molecule has 0 spiro atoms. The minimum absolute atomic E-state index is 0.0260. The molecule has 1 aromatic rings. The summed E-state index contributed by atoms with van der Waals surface area (Å²) >= 11 is 0. The van der Waals surface area contributed by atoms with Crippen molar-refractivity contribution in [1.82, 2.24) is 4.90 Å². The van der Waals surface area contributed by atoms with Gasteiger partial charge >= 0.3 is 0 Å².